The van der Waals surface area contributed by atoms with Crippen LogP contribution >= 0.6 is 0 Å². The second-order valence-corrected chi connectivity index (χ2v) is 8.87. The molecule has 0 bridgehead atoms. The van der Waals surface area contributed by atoms with Crippen LogP contribution in [-0.2, 0) is 22.2 Å². The lowest BCUT2D eigenvalue weighted by Crippen LogP contribution is -2.22. The summed E-state index contributed by atoms with van der Waals surface area (Å²) in [6.07, 6.45) is 2.53. The number of pyridine rings is 1. The third-order valence-electron chi connectivity index (χ3n) is 6.62. The average molecular weight is 465 g/mol. The third kappa shape index (κ3) is 5.11. The van der Waals surface area contributed by atoms with E-state index >= 15 is 0 Å². The Morgan fingerprint density at radius 2 is 1.91 bits per heavy atom. The summed E-state index contributed by atoms with van der Waals surface area (Å²) in [4.78, 5) is 14.4. The summed E-state index contributed by atoms with van der Waals surface area (Å²) >= 11 is 0. The lowest BCUT2D eigenvalue weighted by Gasteiger charge is -2.22. The van der Waals surface area contributed by atoms with Gasteiger partial charge >= 0.3 is 6.18 Å². The van der Waals surface area contributed by atoms with Gasteiger partial charge in [0, 0.05) is 53.3 Å². The van der Waals surface area contributed by atoms with Gasteiger partial charge in [-0.3, -0.25) is 4.79 Å². The molecular weight excluding hydrogens is 433 g/mol. The molecule has 1 atom stereocenters. The molecule has 0 amide bonds. The SMILES string of the molecule is Cc1c(C)n(CCCCCCOC2CCCCO2)c2ccc3[nH]c(=O)cc(C(F)(F)F)c3c12. The number of unbranched alkanes of at least 4 members (excludes halogenated alkanes) is 3. The van der Waals surface area contributed by atoms with E-state index in [9.17, 15) is 18.0 Å². The number of ether oxygens (including phenoxy) is 2. The maximum atomic E-state index is 13.8. The van der Waals surface area contributed by atoms with Crippen LogP contribution in [0.2, 0.25) is 0 Å². The number of hydrogen-bond acceptors (Lipinski definition) is 3. The maximum Gasteiger partial charge on any atom is 0.417 e. The Hall–Kier alpha value is -2.32. The number of fused-ring (bicyclic) bond motifs is 3. The van der Waals surface area contributed by atoms with Gasteiger partial charge in [-0.25, -0.2) is 0 Å². The van der Waals surface area contributed by atoms with Crippen molar-refractivity contribution in [3.8, 4) is 0 Å². The van der Waals surface area contributed by atoms with Crippen molar-refractivity contribution in [1.82, 2.24) is 9.55 Å². The van der Waals surface area contributed by atoms with Gasteiger partial charge in [-0.15, -0.1) is 0 Å². The zero-order chi connectivity index (χ0) is 23.6. The van der Waals surface area contributed by atoms with Crippen LogP contribution in [0.1, 0.15) is 61.8 Å². The number of hydrogen-bond donors (Lipinski definition) is 1. The molecule has 4 rings (SSSR count). The lowest BCUT2D eigenvalue weighted by molar-refractivity contribution is -0.162. The molecule has 8 heteroatoms. The highest BCUT2D eigenvalue weighted by Crippen LogP contribution is 2.39. The zero-order valence-corrected chi connectivity index (χ0v) is 19.2. The lowest BCUT2D eigenvalue weighted by atomic mass is 10.0. The smallest absolute Gasteiger partial charge is 0.353 e. The van der Waals surface area contributed by atoms with Gasteiger partial charge in [0.1, 0.15) is 0 Å². The van der Waals surface area contributed by atoms with E-state index in [-0.39, 0.29) is 17.2 Å². The molecule has 1 aliphatic heterocycles. The number of halogens is 3. The molecule has 5 nitrogen and oxygen atoms in total. The number of H-pyrrole nitrogens is 1. The second-order valence-electron chi connectivity index (χ2n) is 8.87. The number of alkyl halides is 3. The molecule has 0 radical (unpaired) electrons. The van der Waals surface area contributed by atoms with E-state index in [0.29, 0.717) is 18.1 Å². The van der Waals surface area contributed by atoms with Crippen LogP contribution in [0.25, 0.3) is 21.8 Å². The Bertz CT molecular complexity index is 1170. The summed E-state index contributed by atoms with van der Waals surface area (Å²) in [6, 6.07) is 4.05. The molecule has 2 aromatic heterocycles. The first-order valence-electron chi connectivity index (χ1n) is 11.7. The molecule has 0 aliphatic carbocycles. The summed E-state index contributed by atoms with van der Waals surface area (Å²) in [5, 5.41) is 0.635. The van der Waals surface area contributed by atoms with E-state index < -0.39 is 17.3 Å². The van der Waals surface area contributed by atoms with E-state index in [1.807, 2.05) is 19.9 Å². The minimum atomic E-state index is -4.60. The zero-order valence-electron chi connectivity index (χ0n) is 19.2. The number of nitrogens with zero attached hydrogens (tertiary/aromatic N) is 1. The average Bonchev–Trinajstić information content (AvgIpc) is 3.02. The molecule has 180 valence electrons. The quantitative estimate of drug-likeness (QED) is 0.403. The maximum absolute atomic E-state index is 13.8. The van der Waals surface area contributed by atoms with Crippen molar-refractivity contribution in [2.75, 3.05) is 13.2 Å². The van der Waals surface area contributed by atoms with Gasteiger partial charge in [0.05, 0.1) is 5.56 Å². The van der Waals surface area contributed by atoms with Crippen LogP contribution in [0.3, 0.4) is 0 Å². The normalized spacial score (nSPS) is 17.3. The highest BCUT2D eigenvalue weighted by atomic mass is 19.4. The van der Waals surface area contributed by atoms with Crippen LogP contribution in [0, 0.1) is 13.8 Å². The van der Waals surface area contributed by atoms with Gasteiger partial charge in [0.2, 0.25) is 5.56 Å². The number of rotatable bonds is 8. The Morgan fingerprint density at radius 1 is 1.12 bits per heavy atom. The predicted molar refractivity (Wildman–Crippen MR) is 123 cm³/mol. The summed E-state index contributed by atoms with van der Waals surface area (Å²) < 4.78 is 54.7. The molecule has 33 heavy (non-hydrogen) atoms. The molecule has 3 aromatic rings. The van der Waals surface area contributed by atoms with Crippen LogP contribution in [0.4, 0.5) is 13.2 Å². The minimum Gasteiger partial charge on any atom is -0.353 e. The number of nitrogens with one attached hydrogen (secondary N) is 1. The number of aromatic amines is 1. The van der Waals surface area contributed by atoms with Crippen LogP contribution in [0.15, 0.2) is 23.0 Å². The number of aromatic nitrogens is 2. The van der Waals surface area contributed by atoms with Gasteiger partial charge in [0.25, 0.3) is 0 Å². The van der Waals surface area contributed by atoms with E-state index in [4.69, 9.17) is 9.47 Å². The van der Waals surface area contributed by atoms with Crippen molar-refractivity contribution in [2.24, 2.45) is 0 Å². The van der Waals surface area contributed by atoms with Crippen molar-refractivity contribution in [1.29, 1.82) is 0 Å². The Morgan fingerprint density at radius 3 is 2.64 bits per heavy atom. The van der Waals surface area contributed by atoms with Crippen molar-refractivity contribution < 1.29 is 22.6 Å². The Balaban J connectivity index is 1.47. The van der Waals surface area contributed by atoms with Gasteiger partial charge in [-0.05, 0) is 63.6 Å². The van der Waals surface area contributed by atoms with Crippen molar-refractivity contribution in [2.45, 2.75) is 77.8 Å². The fourth-order valence-corrected chi connectivity index (χ4v) is 4.81. The first kappa shape index (κ1) is 23.8. The molecule has 1 aromatic carbocycles. The highest BCUT2D eigenvalue weighted by Gasteiger charge is 2.34. The van der Waals surface area contributed by atoms with Gasteiger partial charge in [-0.2, -0.15) is 13.2 Å². The molecule has 1 N–H and O–H groups in total. The van der Waals surface area contributed by atoms with Crippen molar-refractivity contribution >= 4 is 21.8 Å². The first-order chi connectivity index (χ1) is 15.8. The van der Waals surface area contributed by atoms with Crippen molar-refractivity contribution in [3.63, 3.8) is 0 Å². The standard InChI is InChI=1S/C25H31F3N2O3/c1-16-17(2)30(12-6-3-4-7-13-32-22-9-5-8-14-33-22)20-11-10-19-24(23(16)20)18(25(26,27)28)15-21(31)29-19/h10-11,15,22H,3-9,12-14H2,1-2H3,(H,29,31). The van der Waals surface area contributed by atoms with Crippen LogP contribution in [0.5, 0.6) is 0 Å². The second kappa shape index (κ2) is 9.89. The summed E-state index contributed by atoms with van der Waals surface area (Å²) in [5.41, 5.74) is 1.12. The summed E-state index contributed by atoms with van der Waals surface area (Å²) in [5.74, 6) is 0. The van der Waals surface area contributed by atoms with E-state index in [0.717, 1.165) is 74.9 Å². The Labute approximate surface area is 190 Å². The number of benzene rings is 1. The molecule has 3 heterocycles. The molecule has 0 saturated carbocycles. The highest BCUT2D eigenvalue weighted by molar-refractivity contribution is 6.09. The van der Waals surface area contributed by atoms with Crippen LogP contribution < -0.4 is 5.56 Å². The first-order valence-corrected chi connectivity index (χ1v) is 11.7. The third-order valence-corrected chi connectivity index (χ3v) is 6.62. The molecule has 1 saturated heterocycles. The van der Waals surface area contributed by atoms with Gasteiger partial charge in [-0.1, -0.05) is 12.8 Å². The van der Waals surface area contributed by atoms with E-state index in [1.165, 1.54) is 0 Å². The summed E-state index contributed by atoms with van der Waals surface area (Å²) in [6.45, 7) is 6.00. The fraction of sp³-hybridized carbons (Fsp3) is 0.560. The monoisotopic (exact) mass is 464 g/mol. The van der Waals surface area contributed by atoms with E-state index in [2.05, 4.69) is 9.55 Å². The molecule has 1 aliphatic rings. The molecule has 1 fully saturated rings. The molecule has 0 spiro atoms. The van der Waals surface area contributed by atoms with Crippen LogP contribution in [-0.4, -0.2) is 29.1 Å². The topological polar surface area (TPSA) is 56.2 Å². The fourth-order valence-electron chi connectivity index (χ4n) is 4.81. The number of aryl methyl sites for hydroxylation is 2. The molecule has 1 unspecified atom stereocenters. The predicted octanol–water partition coefficient (Wildman–Crippen LogP) is 6.22. The molecular formula is C25H31F3N2O3. The largest absolute Gasteiger partial charge is 0.417 e. The van der Waals surface area contributed by atoms with Gasteiger partial charge < -0.3 is 19.0 Å². The van der Waals surface area contributed by atoms with Gasteiger partial charge in [0.15, 0.2) is 6.29 Å². The Kier molecular flexibility index (Phi) is 7.14. The minimum absolute atomic E-state index is 0.0537. The van der Waals surface area contributed by atoms with Crippen molar-refractivity contribution in [3.05, 3.63) is 45.4 Å². The van der Waals surface area contributed by atoms with E-state index in [1.54, 1.807) is 6.07 Å². The summed E-state index contributed by atoms with van der Waals surface area (Å²) in [7, 11) is 0.